The summed E-state index contributed by atoms with van der Waals surface area (Å²) in [5.41, 5.74) is 5.53. The van der Waals surface area contributed by atoms with Gasteiger partial charge >= 0.3 is 0 Å². The van der Waals surface area contributed by atoms with E-state index in [-0.39, 0.29) is 5.91 Å². The van der Waals surface area contributed by atoms with Gasteiger partial charge in [0.15, 0.2) is 0 Å². The summed E-state index contributed by atoms with van der Waals surface area (Å²) in [5, 5.41) is 9.69. The highest BCUT2D eigenvalue weighted by Crippen LogP contribution is 2.10. The average molecular weight is 257 g/mol. The van der Waals surface area contributed by atoms with Crippen molar-refractivity contribution in [3.8, 4) is 0 Å². The summed E-state index contributed by atoms with van der Waals surface area (Å²) in [6, 6.07) is 6.13. The van der Waals surface area contributed by atoms with Gasteiger partial charge in [0.25, 0.3) is 0 Å². The standard InChI is InChI=1S/C15H19N3O/c1-10-4-5-13(6-11(10)2)7-15(19)16-8-14-9-17-18-12(14)3/h4-6,9H,7-8H2,1-3H3,(H,16,19)(H,17,18). The van der Waals surface area contributed by atoms with Crippen LogP contribution < -0.4 is 5.32 Å². The summed E-state index contributed by atoms with van der Waals surface area (Å²) >= 11 is 0. The van der Waals surface area contributed by atoms with Gasteiger partial charge in [-0.3, -0.25) is 9.89 Å². The molecule has 19 heavy (non-hydrogen) atoms. The Bertz CT molecular complexity index is 587. The molecule has 1 amide bonds. The number of H-pyrrole nitrogens is 1. The second-order valence-corrected chi connectivity index (χ2v) is 4.89. The number of hydrogen-bond acceptors (Lipinski definition) is 2. The van der Waals surface area contributed by atoms with Crippen LogP contribution in [0.25, 0.3) is 0 Å². The molecule has 0 bridgehead atoms. The molecule has 2 N–H and O–H groups in total. The molecular weight excluding hydrogens is 238 g/mol. The molecule has 4 heteroatoms. The molecule has 1 aromatic carbocycles. The van der Waals surface area contributed by atoms with Crippen molar-refractivity contribution in [2.45, 2.75) is 33.7 Å². The van der Waals surface area contributed by atoms with Crippen molar-refractivity contribution >= 4 is 5.91 Å². The van der Waals surface area contributed by atoms with Crippen molar-refractivity contribution in [3.05, 3.63) is 52.3 Å². The summed E-state index contributed by atoms with van der Waals surface area (Å²) in [5.74, 6) is 0.0313. The lowest BCUT2D eigenvalue weighted by Crippen LogP contribution is -2.24. The first-order valence-electron chi connectivity index (χ1n) is 6.38. The largest absolute Gasteiger partial charge is 0.352 e. The molecule has 1 aromatic heterocycles. The molecule has 0 unspecified atom stereocenters. The van der Waals surface area contributed by atoms with E-state index in [1.54, 1.807) is 6.20 Å². The van der Waals surface area contributed by atoms with E-state index < -0.39 is 0 Å². The Labute approximate surface area is 113 Å². The first-order valence-corrected chi connectivity index (χ1v) is 6.38. The minimum Gasteiger partial charge on any atom is -0.352 e. The molecule has 0 aliphatic carbocycles. The number of amides is 1. The highest BCUT2D eigenvalue weighted by atomic mass is 16.1. The van der Waals surface area contributed by atoms with Crippen LogP contribution in [-0.4, -0.2) is 16.1 Å². The Morgan fingerprint density at radius 1 is 1.26 bits per heavy atom. The molecule has 0 atom stereocenters. The third-order valence-electron chi connectivity index (χ3n) is 3.35. The van der Waals surface area contributed by atoms with Crippen molar-refractivity contribution in [1.29, 1.82) is 0 Å². The number of aromatic nitrogens is 2. The lowest BCUT2D eigenvalue weighted by atomic mass is 10.0. The van der Waals surface area contributed by atoms with Gasteiger partial charge in [0, 0.05) is 17.8 Å². The fraction of sp³-hybridized carbons (Fsp3) is 0.333. The van der Waals surface area contributed by atoms with E-state index in [1.807, 2.05) is 13.0 Å². The second-order valence-electron chi connectivity index (χ2n) is 4.89. The Morgan fingerprint density at radius 2 is 2.05 bits per heavy atom. The van der Waals surface area contributed by atoms with E-state index in [0.717, 1.165) is 16.8 Å². The van der Waals surface area contributed by atoms with E-state index in [1.165, 1.54) is 11.1 Å². The Kier molecular flexibility index (Phi) is 4.00. The van der Waals surface area contributed by atoms with Crippen LogP contribution in [0.1, 0.15) is 27.9 Å². The number of rotatable bonds is 4. The SMILES string of the molecule is Cc1ccc(CC(=O)NCc2cn[nH]c2C)cc1C. The number of aryl methyl sites for hydroxylation is 3. The maximum Gasteiger partial charge on any atom is 0.224 e. The lowest BCUT2D eigenvalue weighted by molar-refractivity contribution is -0.120. The highest BCUT2D eigenvalue weighted by Gasteiger charge is 2.06. The molecule has 4 nitrogen and oxygen atoms in total. The topological polar surface area (TPSA) is 57.8 Å². The van der Waals surface area contributed by atoms with Crippen molar-refractivity contribution in [2.75, 3.05) is 0 Å². The summed E-state index contributed by atoms with van der Waals surface area (Å²) in [4.78, 5) is 11.9. The third-order valence-corrected chi connectivity index (χ3v) is 3.35. The van der Waals surface area contributed by atoms with E-state index in [2.05, 4.69) is 41.5 Å². The van der Waals surface area contributed by atoms with Crippen LogP contribution in [0.5, 0.6) is 0 Å². The molecule has 2 aromatic rings. The van der Waals surface area contributed by atoms with Crippen molar-refractivity contribution in [2.24, 2.45) is 0 Å². The third kappa shape index (κ3) is 3.44. The van der Waals surface area contributed by atoms with Gasteiger partial charge in [-0.15, -0.1) is 0 Å². The summed E-state index contributed by atoms with van der Waals surface area (Å²) in [6.45, 7) is 6.59. The van der Waals surface area contributed by atoms with Crippen LogP contribution in [0.15, 0.2) is 24.4 Å². The molecule has 0 saturated heterocycles. The lowest BCUT2D eigenvalue weighted by Gasteiger charge is -2.06. The quantitative estimate of drug-likeness (QED) is 0.882. The monoisotopic (exact) mass is 257 g/mol. The van der Waals surface area contributed by atoms with E-state index >= 15 is 0 Å². The number of aromatic amines is 1. The predicted octanol–water partition coefficient (Wildman–Crippen LogP) is 2.19. The van der Waals surface area contributed by atoms with Crippen molar-refractivity contribution in [1.82, 2.24) is 15.5 Å². The van der Waals surface area contributed by atoms with Crippen LogP contribution in [0.3, 0.4) is 0 Å². The molecule has 0 saturated carbocycles. The fourth-order valence-corrected chi connectivity index (χ4v) is 1.91. The first-order chi connectivity index (χ1) is 9.06. The number of carbonyl (C=O) groups excluding carboxylic acids is 1. The van der Waals surface area contributed by atoms with E-state index in [9.17, 15) is 4.79 Å². The second kappa shape index (κ2) is 5.69. The van der Waals surface area contributed by atoms with Crippen molar-refractivity contribution in [3.63, 3.8) is 0 Å². The number of nitrogens with zero attached hydrogens (tertiary/aromatic N) is 1. The van der Waals surface area contributed by atoms with E-state index in [0.29, 0.717) is 13.0 Å². The van der Waals surface area contributed by atoms with Gasteiger partial charge in [0.1, 0.15) is 0 Å². The van der Waals surface area contributed by atoms with Crippen LogP contribution in [-0.2, 0) is 17.8 Å². The summed E-state index contributed by atoms with van der Waals surface area (Å²) in [7, 11) is 0. The molecular formula is C15H19N3O. The summed E-state index contributed by atoms with van der Waals surface area (Å²) < 4.78 is 0. The van der Waals surface area contributed by atoms with Gasteiger partial charge in [0.2, 0.25) is 5.91 Å². The van der Waals surface area contributed by atoms with Gasteiger partial charge in [0.05, 0.1) is 12.6 Å². The van der Waals surface area contributed by atoms with Crippen LogP contribution in [0.2, 0.25) is 0 Å². The molecule has 2 rings (SSSR count). The van der Waals surface area contributed by atoms with Gasteiger partial charge in [-0.1, -0.05) is 18.2 Å². The van der Waals surface area contributed by atoms with Gasteiger partial charge < -0.3 is 5.32 Å². The molecule has 0 aliphatic heterocycles. The van der Waals surface area contributed by atoms with Gasteiger partial charge in [-0.2, -0.15) is 5.10 Å². The Balaban J connectivity index is 1.91. The molecule has 100 valence electrons. The predicted molar refractivity (Wildman–Crippen MR) is 74.8 cm³/mol. The summed E-state index contributed by atoms with van der Waals surface area (Å²) in [6.07, 6.45) is 2.16. The molecule has 0 fully saturated rings. The van der Waals surface area contributed by atoms with Crippen molar-refractivity contribution < 1.29 is 4.79 Å². The number of nitrogens with one attached hydrogen (secondary N) is 2. The molecule has 1 heterocycles. The first kappa shape index (κ1) is 13.3. The fourth-order valence-electron chi connectivity index (χ4n) is 1.91. The van der Waals surface area contributed by atoms with Gasteiger partial charge in [-0.05, 0) is 37.5 Å². The van der Waals surface area contributed by atoms with Crippen LogP contribution in [0, 0.1) is 20.8 Å². The number of hydrogen-bond donors (Lipinski definition) is 2. The highest BCUT2D eigenvalue weighted by molar-refractivity contribution is 5.78. The Morgan fingerprint density at radius 3 is 2.68 bits per heavy atom. The molecule has 0 radical (unpaired) electrons. The maximum absolute atomic E-state index is 11.9. The minimum absolute atomic E-state index is 0.0313. The smallest absolute Gasteiger partial charge is 0.224 e. The van der Waals surface area contributed by atoms with Crippen LogP contribution >= 0.6 is 0 Å². The number of benzene rings is 1. The Hall–Kier alpha value is -2.10. The van der Waals surface area contributed by atoms with E-state index in [4.69, 9.17) is 0 Å². The minimum atomic E-state index is 0.0313. The van der Waals surface area contributed by atoms with Crippen LogP contribution in [0.4, 0.5) is 0 Å². The maximum atomic E-state index is 11.9. The van der Waals surface area contributed by atoms with Gasteiger partial charge in [-0.25, -0.2) is 0 Å². The normalized spacial score (nSPS) is 10.5. The zero-order valence-electron chi connectivity index (χ0n) is 11.6. The average Bonchev–Trinajstić information content (AvgIpc) is 2.77. The zero-order chi connectivity index (χ0) is 13.8. The molecule has 0 aliphatic rings. The molecule has 0 spiro atoms. The number of carbonyl (C=O) groups is 1. The zero-order valence-corrected chi connectivity index (χ0v) is 11.6.